The van der Waals surface area contributed by atoms with Gasteiger partial charge in [0.05, 0.1) is 0 Å². The number of rotatable bonds is 3. The number of aromatic hydroxyl groups is 1. The van der Waals surface area contributed by atoms with Gasteiger partial charge >= 0.3 is 6.61 Å². The van der Waals surface area contributed by atoms with Crippen molar-refractivity contribution < 1.29 is 23.4 Å². The van der Waals surface area contributed by atoms with Crippen LogP contribution >= 0.6 is 0 Å². The van der Waals surface area contributed by atoms with Gasteiger partial charge in [0.25, 0.3) is 5.91 Å². The highest BCUT2D eigenvalue weighted by Gasteiger charge is 2.19. The Morgan fingerprint density at radius 1 is 1.21 bits per heavy atom. The van der Waals surface area contributed by atoms with Crippen LogP contribution in [0.15, 0.2) is 18.2 Å². The molecule has 1 aromatic rings. The molecule has 0 aromatic heterocycles. The first-order valence-electron chi connectivity index (χ1n) is 6.14. The first kappa shape index (κ1) is 13.6. The van der Waals surface area contributed by atoms with E-state index in [1.165, 1.54) is 12.1 Å². The van der Waals surface area contributed by atoms with E-state index in [2.05, 4.69) is 4.74 Å². The van der Waals surface area contributed by atoms with E-state index >= 15 is 0 Å². The van der Waals surface area contributed by atoms with Crippen LogP contribution in [0.2, 0.25) is 0 Å². The van der Waals surface area contributed by atoms with E-state index in [0.29, 0.717) is 13.1 Å². The zero-order valence-corrected chi connectivity index (χ0v) is 10.3. The smallest absolute Gasteiger partial charge is 0.387 e. The number of nitrogens with zero attached hydrogens (tertiary/aromatic N) is 1. The number of piperidine rings is 1. The molecule has 0 saturated carbocycles. The number of hydrogen-bond donors (Lipinski definition) is 1. The molecule has 1 aliphatic heterocycles. The number of alkyl halides is 2. The highest BCUT2D eigenvalue weighted by atomic mass is 19.3. The summed E-state index contributed by atoms with van der Waals surface area (Å²) in [6, 6.07) is 3.54. The van der Waals surface area contributed by atoms with Gasteiger partial charge in [0.1, 0.15) is 11.5 Å². The fourth-order valence-corrected chi connectivity index (χ4v) is 2.16. The maximum absolute atomic E-state index is 12.2. The number of halogens is 2. The molecular formula is C13H15F2NO3. The van der Waals surface area contributed by atoms with Crippen LogP contribution in [0.1, 0.15) is 29.6 Å². The maximum atomic E-state index is 12.2. The molecule has 0 unspecified atom stereocenters. The van der Waals surface area contributed by atoms with Crippen LogP contribution in [-0.4, -0.2) is 35.6 Å². The number of amides is 1. The van der Waals surface area contributed by atoms with E-state index < -0.39 is 6.61 Å². The van der Waals surface area contributed by atoms with Crippen molar-refractivity contribution in [1.82, 2.24) is 4.90 Å². The Bertz CT molecular complexity index is 459. The van der Waals surface area contributed by atoms with Crippen LogP contribution < -0.4 is 4.74 Å². The summed E-state index contributed by atoms with van der Waals surface area (Å²) in [7, 11) is 0. The fourth-order valence-electron chi connectivity index (χ4n) is 2.16. The lowest BCUT2D eigenvalue weighted by Crippen LogP contribution is -2.35. The van der Waals surface area contributed by atoms with Gasteiger partial charge in [-0.25, -0.2) is 0 Å². The summed E-state index contributed by atoms with van der Waals surface area (Å²) >= 11 is 0. The van der Waals surface area contributed by atoms with Crippen molar-refractivity contribution in [1.29, 1.82) is 0 Å². The molecule has 0 atom stereocenters. The second-order valence-corrected chi connectivity index (χ2v) is 4.45. The van der Waals surface area contributed by atoms with E-state index in [1.807, 2.05) is 0 Å². The zero-order chi connectivity index (χ0) is 13.8. The van der Waals surface area contributed by atoms with Gasteiger partial charge in [-0.15, -0.1) is 0 Å². The third-order valence-corrected chi connectivity index (χ3v) is 3.01. The normalized spacial score (nSPS) is 15.6. The van der Waals surface area contributed by atoms with Gasteiger partial charge in [-0.3, -0.25) is 4.79 Å². The number of carbonyl (C=O) groups is 1. The Labute approximate surface area is 109 Å². The first-order valence-corrected chi connectivity index (χ1v) is 6.14. The fraction of sp³-hybridized carbons (Fsp3) is 0.462. The average Bonchev–Trinajstić information content (AvgIpc) is 2.37. The van der Waals surface area contributed by atoms with E-state index in [-0.39, 0.29) is 23.0 Å². The second-order valence-electron chi connectivity index (χ2n) is 4.45. The van der Waals surface area contributed by atoms with Gasteiger partial charge in [0.15, 0.2) is 0 Å². The molecule has 1 N–H and O–H groups in total. The molecule has 0 bridgehead atoms. The van der Waals surface area contributed by atoms with Gasteiger partial charge < -0.3 is 14.7 Å². The van der Waals surface area contributed by atoms with Crippen molar-refractivity contribution in [3.63, 3.8) is 0 Å². The second kappa shape index (κ2) is 5.86. The number of hydrogen-bond acceptors (Lipinski definition) is 3. The van der Waals surface area contributed by atoms with Gasteiger partial charge in [-0.1, -0.05) is 0 Å². The van der Waals surface area contributed by atoms with Crippen molar-refractivity contribution in [3.8, 4) is 11.5 Å². The number of benzene rings is 1. The minimum Gasteiger partial charge on any atom is -0.508 e. The summed E-state index contributed by atoms with van der Waals surface area (Å²) in [6.07, 6.45) is 2.96. The molecule has 1 saturated heterocycles. The van der Waals surface area contributed by atoms with Crippen molar-refractivity contribution in [2.24, 2.45) is 0 Å². The van der Waals surface area contributed by atoms with Crippen molar-refractivity contribution >= 4 is 5.91 Å². The van der Waals surface area contributed by atoms with Crippen LogP contribution in [0.3, 0.4) is 0 Å². The summed E-state index contributed by atoms with van der Waals surface area (Å²) < 4.78 is 28.5. The Balaban J connectivity index is 2.18. The Morgan fingerprint density at radius 3 is 2.53 bits per heavy atom. The molecule has 1 aliphatic rings. The van der Waals surface area contributed by atoms with Crippen LogP contribution in [0, 0.1) is 0 Å². The number of phenolic OH excluding ortho intramolecular Hbond substituents is 1. The largest absolute Gasteiger partial charge is 0.508 e. The topological polar surface area (TPSA) is 49.8 Å². The molecule has 1 amide bonds. The maximum Gasteiger partial charge on any atom is 0.387 e. The molecule has 4 nitrogen and oxygen atoms in total. The molecule has 1 heterocycles. The van der Waals surface area contributed by atoms with Gasteiger partial charge in [-0.05, 0) is 31.4 Å². The zero-order valence-electron chi connectivity index (χ0n) is 10.3. The molecular weight excluding hydrogens is 256 g/mol. The lowest BCUT2D eigenvalue weighted by molar-refractivity contribution is -0.0499. The summed E-state index contributed by atoms with van der Waals surface area (Å²) in [5, 5.41) is 9.46. The number of ether oxygens (including phenoxy) is 1. The van der Waals surface area contributed by atoms with Crippen LogP contribution in [0.5, 0.6) is 11.5 Å². The number of phenols is 1. The summed E-state index contributed by atoms with van der Waals surface area (Å²) in [5.41, 5.74) is 0.164. The molecule has 0 radical (unpaired) electrons. The predicted molar refractivity (Wildman–Crippen MR) is 64.5 cm³/mol. The molecule has 2 rings (SSSR count). The lowest BCUT2D eigenvalue weighted by atomic mass is 10.1. The number of likely N-dealkylation sites (tertiary alicyclic amines) is 1. The minimum absolute atomic E-state index is 0.164. The van der Waals surface area contributed by atoms with E-state index in [4.69, 9.17) is 0 Å². The Kier molecular flexibility index (Phi) is 4.19. The molecule has 104 valence electrons. The van der Waals surface area contributed by atoms with Gasteiger partial charge in [0.2, 0.25) is 0 Å². The van der Waals surface area contributed by atoms with Crippen LogP contribution in [-0.2, 0) is 0 Å². The van der Waals surface area contributed by atoms with E-state index in [0.717, 1.165) is 25.3 Å². The molecule has 0 spiro atoms. The summed E-state index contributed by atoms with van der Waals surface area (Å²) in [4.78, 5) is 13.8. The highest BCUT2D eigenvalue weighted by molar-refractivity contribution is 5.95. The molecule has 6 heteroatoms. The minimum atomic E-state index is -2.99. The Hall–Kier alpha value is -1.85. The third-order valence-electron chi connectivity index (χ3n) is 3.01. The molecule has 1 fully saturated rings. The highest BCUT2D eigenvalue weighted by Crippen LogP contribution is 2.25. The summed E-state index contributed by atoms with van der Waals surface area (Å²) in [6.45, 7) is -1.68. The van der Waals surface area contributed by atoms with Crippen LogP contribution in [0.4, 0.5) is 8.78 Å². The predicted octanol–water partition coefficient (Wildman–Crippen LogP) is 2.62. The number of carbonyl (C=O) groups excluding carboxylic acids is 1. The third kappa shape index (κ3) is 3.56. The van der Waals surface area contributed by atoms with E-state index in [1.54, 1.807) is 4.90 Å². The van der Waals surface area contributed by atoms with Crippen LogP contribution in [0.25, 0.3) is 0 Å². The first-order chi connectivity index (χ1) is 9.06. The summed E-state index contributed by atoms with van der Waals surface area (Å²) in [5.74, 6) is -0.747. The quantitative estimate of drug-likeness (QED) is 0.919. The molecule has 1 aromatic carbocycles. The van der Waals surface area contributed by atoms with Crippen molar-refractivity contribution in [3.05, 3.63) is 23.8 Å². The lowest BCUT2D eigenvalue weighted by Gasteiger charge is -2.26. The van der Waals surface area contributed by atoms with Gasteiger partial charge in [0, 0.05) is 24.7 Å². The standard InChI is InChI=1S/C13H15F2NO3/c14-13(15)19-11-7-9(6-10(17)8-11)12(18)16-4-2-1-3-5-16/h6-8,13,17H,1-5H2. The van der Waals surface area contributed by atoms with E-state index in [9.17, 15) is 18.7 Å². The SMILES string of the molecule is O=C(c1cc(O)cc(OC(F)F)c1)N1CCCCC1. The van der Waals surface area contributed by atoms with Crippen molar-refractivity contribution in [2.45, 2.75) is 25.9 Å². The average molecular weight is 271 g/mol. The monoisotopic (exact) mass is 271 g/mol. The molecule has 19 heavy (non-hydrogen) atoms. The Morgan fingerprint density at radius 2 is 1.89 bits per heavy atom. The van der Waals surface area contributed by atoms with Gasteiger partial charge in [-0.2, -0.15) is 8.78 Å². The molecule has 0 aliphatic carbocycles. The van der Waals surface area contributed by atoms with Crippen molar-refractivity contribution in [2.75, 3.05) is 13.1 Å².